The molecule has 0 radical (unpaired) electrons. The molecule has 0 aromatic carbocycles. The minimum Gasteiger partial charge on any atom is -0.468 e. The van der Waals surface area contributed by atoms with Gasteiger partial charge in [-0.2, -0.15) is 5.26 Å². The number of nitrogens with zero attached hydrogens (tertiary/aromatic N) is 3. The number of carbonyl (C=O) groups is 1. The maximum atomic E-state index is 11.5. The molecule has 18 heavy (non-hydrogen) atoms. The largest absolute Gasteiger partial charge is 0.468 e. The van der Waals surface area contributed by atoms with E-state index in [0.29, 0.717) is 10.7 Å². The molecule has 0 saturated heterocycles. The Balaban J connectivity index is 3.14. The maximum Gasteiger partial charge on any atom is 0.329 e. The minimum absolute atomic E-state index is 0.403. The van der Waals surface area contributed by atoms with Crippen LogP contribution in [0.5, 0.6) is 0 Å². The van der Waals surface area contributed by atoms with Crippen molar-refractivity contribution >= 4 is 28.5 Å². The highest BCUT2D eigenvalue weighted by molar-refractivity contribution is 8.13. The van der Waals surface area contributed by atoms with E-state index in [4.69, 9.17) is 5.26 Å². The summed E-state index contributed by atoms with van der Waals surface area (Å²) in [6, 6.07) is 3.71. The van der Waals surface area contributed by atoms with E-state index >= 15 is 0 Å². The van der Waals surface area contributed by atoms with Gasteiger partial charge in [0, 0.05) is 6.20 Å². The Morgan fingerprint density at radius 2 is 2.39 bits per heavy atom. The van der Waals surface area contributed by atoms with Crippen LogP contribution in [0.25, 0.3) is 0 Å². The molecule has 0 N–H and O–H groups in total. The van der Waals surface area contributed by atoms with E-state index in [2.05, 4.69) is 14.7 Å². The zero-order valence-corrected chi connectivity index (χ0v) is 11.2. The summed E-state index contributed by atoms with van der Waals surface area (Å²) in [6.07, 6.45) is 5.02. The standard InChI is InChI=1S/C12H13N3O2S/c1-8-4-5-14-7-10(8)15-11(18-3)9(6-13)12(16)17-2/h4-5,7,9H,1-3H3. The first-order chi connectivity index (χ1) is 8.63. The Kier molecular flexibility index (Phi) is 5.33. The number of carbonyl (C=O) groups excluding carboxylic acids is 1. The normalized spacial score (nSPS) is 12.7. The molecule has 0 fully saturated rings. The molecule has 0 bridgehead atoms. The number of hydrogen-bond acceptors (Lipinski definition) is 6. The van der Waals surface area contributed by atoms with Gasteiger partial charge in [0.1, 0.15) is 5.04 Å². The fraction of sp³-hybridized carbons (Fsp3) is 0.333. The van der Waals surface area contributed by atoms with Crippen LogP contribution in [0.15, 0.2) is 23.5 Å². The molecule has 1 rings (SSSR count). The first-order valence-electron chi connectivity index (χ1n) is 5.14. The Morgan fingerprint density at radius 1 is 1.67 bits per heavy atom. The molecule has 0 amide bonds. The number of aromatic nitrogens is 1. The lowest BCUT2D eigenvalue weighted by Gasteiger charge is -2.09. The van der Waals surface area contributed by atoms with Crippen LogP contribution in [-0.4, -0.2) is 29.4 Å². The SMILES string of the molecule is COC(=O)C(C#N)C(=Nc1cnccc1C)SC. The summed E-state index contributed by atoms with van der Waals surface area (Å²) >= 11 is 1.25. The van der Waals surface area contributed by atoms with Crippen molar-refractivity contribution in [2.75, 3.05) is 13.4 Å². The second-order valence-electron chi connectivity index (χ2n) is 3.40. The van der Waals surface area contributed by atoms with Gasteiger partial charge in [-0.25, -0.2) is 4.99 Å². The first-order valence-corrected chi connectivity index (χ1v) is 6.37. The number of aryl methyl sites for hydroxylation is 1. The van der Waals surface area contributed by atoms with Crippen LogP contribution in [0, 0.1) is 24.2 Å². The van der Waals surface area contributed by atoms with Crippen molar-refractivity contribution in [2.24, 2.45) is 10.9 Å². The number of pyridine rings is 1. The fourth-order valence-corrected chi connectivity index (χ4v) is 1.82. The second kappa shape index (κ2) is 6.77. The molecular formula is C12H13N3O2S. The van der Waals surface area contributed by atoms with Crippen molar-refractivity contribution in [3.8, 4) is 6.07 Å². The molecule has 5 nitrogen and oxygen atoms in total. The van der Waals surface area contributed by atoms with Gasteiger partial charge in [-0.3, -0.25) is 9.78 Å². The molecule has 0 aliphatic carbocycles. The van der Waals surface area contributed by atoms with Crippen molar-refractivity contribution in [3.05, 3.63) is 24.0 Å². The Bertz CT molecular complexity index is 508. The maximum absolute atomic E-state index is 11.5. The van der Waals surface area contributed by atoms with E-state index in [1.807, 2.05) is 19.1 Å². The van der Waals surface area contributed by atoms with Crippen LogP contribution in [-0.2, 0) is 9.53 Å². The Labute approximate surface area is 110 Å². The molecule has 94 valence electrons. The molecule has 0 aliphatic heterocycles. The summed E-state index contributed by atoms with van der Waals surface area (Å²) in [5.41, 5.74) is 1.57. The molecule has 0 aliphatic rings. The number of methoxy groups -OCH3 is 1. The molecule has 0 spiro atoms. The van der Waals surface area contributed by atoms with E-state index in [1.54, 1.807) is 18.6 Å². The third-order valence-corrected chi connectivity index (χ3v) is 3.01. The van der Waals surface area contributed by atoms with E-state index in [1.165, 1.54) is 18.9 Å². The monoisotopic (exact) mass is 263 g/mol. The predicted octanol–water partition coefficient (Wildman–Crippen LogP) is 2.10. The van der Waals surface area contributed by atoms with Gasteiger partial charge in [0.25, 0.3) is 0 Å². The Hall–Kier alpha value is -1.87. The highest BCUT2D eigenvalue weighted by Crippen LogP contribution is 2.21. The van der Waals surface area contributed by atoms with Crippen molar-refractivity contribution in [3.63, 3.8) is 0 Å². The van der Waals surface area contributed by atoms with Gasteiger partial charge in [0.15, 0.2) is 5.92 Å². The van der Waals surface area contributed by atoms with Crippen molar-refractivity contribution in [1.82, 2.24) is 4.98 Å². The van der Waals surface area contributed by atoms with Gasteiger partial charge in [-0.05, 0) is 24.8 Å². The van der Waals surface area contributed by atoms with Gasteiger partial charge in [-0.15, -0.1) is 11.8 Å². The van der Waals surface area contributed by atoms with E-state index in [-0.39, 0.29) is 0 Å². The zero-order valence-electron chi connectivity index (χ0n) is 10.4. The zero-order chi connectivity index (χ0) is 13.5. The lowest BCUT2D eigenvalue weighted by molar-refractivity contribution is -0.141. The summed E-state index contributed by atoms with van der Waals surface area (Å²) < 4.78 is 4.58. The molecular weight excluding hydrogens is 250 g/mol. The predicted molar refractivity (Wildman–Crippen MR) is 70.7 cm³/mol. The number of aliphatic imine (C=N–C) groups is 1. The van der Waals surface area contributed by atoms with Gasteiger partial charge in [0.05, 0.1) is 25.1 Å². The summed E-state index contributed by atoms with van der Waals surface area (Å²) in [5, 5.41) is 9.42. The van der Waals surface area contributed by atoms with E-state index < -0.39 is 11.9 Å². The summed E-state index contributed by atoms with van der Waals surface area (Å²) in [6.45, 7) is 1.89. The van der Waals surface area contributed by atoms with Crippen molar-refractivity contribution < 1.29 is 9.53 Å². The van der Waals surface area contributed by atoms with Gasteiger partial charge < -0.3 is 4.74 Å². The topological polar surface area (TPSA) is 75.3 Å². The summed E-state index contributed by atoms with van der Waals surface area (Å²) in [7, 11) is 1.25. The highest BCUT2D eigenvalue weighted by atomic mass is 32.2. The van der Waals surface area contributed by atoms with Crippen LogP contribution in [0.2, 0.25) is 0 Å². The minimum atomic E-state index is -0.996. The van der Waals surface area contributed by atoms with Crippen LogP contribution in [0.3, 0.4) is 0 Å². The quantitative estimate of drug-likeness (QED) is 0.474. The van der Waals surface area contributed by atoms with Gasteiger partial charge in [0.2, 0.25) is 0 Å². The second-order valence-corrected chi connectivity index (χ2v) is 4.23. The average Bonchev–Trinajstić information content (AvgIpc) is 2.40. The van der Waals surface area contributed by atoms with Crippen LogP contribution >= 0.6 is 11.8 Å². The number of hydrogen-bond donors (Lipinski definition) is 0. The number of thioether (sulfide) groups is 1. The molecule has 1 atom stereocenters. The van der Waals surface area contributed by atoms with Crippen molar-refractivity contribution in [1.29, 1.82) is 5.26 Å². The highest BCUT2D eigenvalue weighted by Gasteiger charge is 2.24. The lowest BCUT2D eigenvalue weighted by Crippen LogP contribution is -2.21. The number of esters is 1. The fourth-order valence-electron chi connectivity index (χ4n) is 1.25. The third-order valence-electron chi connectivity index (χ3n) is 2.26. The molecule has 0 saturated carbocycles. The number of nitriles is 1. The lowest BCUT2D eigenvalue weighted by atomic mass is 10.2. The first kappa shape index (κ1) is 14.2. The molecule has 1 heterocycles. The van der Waals surface area contributed by atoms with Gasteiger partial charge in [-0.1, -0.05) is 0 Å². The third kappa shape index (κ3) is 3.31. The van der Waals surface area contributed by atoms with Crippen molar-refractivity contribution in [2.45, 2.75) is 6.92 Å². The molecule has 1 aromatic rings. The molecule has 6 heteroatoms. The molecule has 1 aromatic heterocycles. The summed E-state index contributed by atoms with van der Waals surface area (Å²) in [5.74, 6) is -1.60. The average molecular weight is 263 g/mol. The van der Waals surface area contributed by atoms with Crippen LogP contribution in [0.1, 0.15) is 5.56 Å². The molecule has 1 unspecified atom stereocenters. The van der Waals surface area contributed by atoms with E-state index in [9.17, 15) is 4.79 Å². The van der Waals surface area contributed by atoms with Gasteiger partial charge >= 0.3 is 5.97 Å². The Morgan fingerprint density at radius 3 is 2.89 bits per heavy atom. The number of rotatable bonds is 3. The van der Waals surface area contributed by atoms with E-state index in [0.717, 1.165) is 5.56 Å². The van der Waals surface area contributed by atoms with Crippen LogP contribution < -0.4 is 0 Å². The summed E-state index contributed by atoms with van der Waals surface area (Å²) in [4.78, 5) is 19.7. The van der Waals surface area contributed by atoms with Crippen LogP contribution in [0.4, 0.5) is 5.69 Å². The number of ether oxygens (including phenoxy) is 1. The smallest absolute Gasteiger partial charge is 0.329 e.